The Balaban J connectivity index is 1.88. The third-order valence-corrected chi connectivity index (χ3v) is 7.78. The summed E-state index contributed by atoms with van der Waals surface area (Å²) in [5.41, 5.74) is 3.31. The number of rotatable bonds is 4. The number of piperazine rings is 1. The highest BCUT2D eigenvalue weighted by atomic mass is 32.2. The second kappa shape index (κ2) is 7.72. The zero-order chi connectivity index (χ0) is 21.5. The fourth-order valence-electron chi connectivity index (χ4n) is 3.78. The van der Waals surface area contributed by atoms with Crippen LogP contribution >= 0.6 is 0 Å². The molecule has 0 aliphatic carbocycles. The van der Waals surface area contributed by atoms with Gasteiger partial charge in [0.05, 0.1) is 15.9 Å². The summed E-state index contributed by atoms with van der Waals surface area (Å²) < 4.78 is 41.5. The highest BCUT2D eigenvalue weighted by molar-refractivity contribution is 7.89. The SMILES string of the molecule is Cc1cc(C)c(C)c(S(=O)(=O)N2CCN(c3ccc(F)cc3[N+](=O)[O-])CC2)c1C. The second-order valence-electron chi connectivity index (χ2n) is 7.37. The predicted molar refractivity (Wildman–Crippen MR) is 109 cm³/mol. The average molecular weight is 421 g/mol. The van der Waals surface area contributed by atoms with Crippen molar-refractivity contribution in [1.82, 2.24) is 4.31 Å². The van der Waals surface area contributed by atoms with Crippen LogP contribution in [0.1, 0.15) is 22.3 Å². The largest absolute Gasteiger partial charge is 0.363 e. The van der Waals surface area contributed by atoms with Crippen LogP contribution in [-0.4, -0.2) is 43.8 Å². The van der Waals surface area contributed by atoms with Gasteiger partial charge in [-0.05, 0) is 62.1 Å². The number of hydrogen-bond acceptors (Lipinski definition) is 5. The molecule has 0 atom stereocenters. The smallest absolute Gasteiger partial charge is 0.295 e. The van der Waals surface area contributed by atoms with Gasteiger partial charge in [-0.2, -0.15) is 4.31 Å². The van der Waals surface area contributed by atoms with Gasteiger partial charge in [0.1, 0.15) is 11.5 Å². The quantitative estimate of drug-likeness (QED) is 0.557. The van der Waals surface area contributed by atoms with Crippen molar-refractivity contribution in [1.29, 1.82) is 0 Å². The number of hydrogen-bond donors (Lipinski definition) is 0. The molecule has 9 heteroatoms. The lowest BCUT2D eigenvalue weighted by atomic mass is 10.0. The summed E-state index contributed by atoms with van der Waals surface area (Å²) in [6.07, 6.45) is 0. The topological polar surface area (TPSA) is 83.8 Å². The zero-order valence-electron chi connectivity index (χ0n) is 16.9. The minimum atomic E-state index is -3.69. The lowest BCUT2D eigenvalue weighted by Gasteiger charge is -2.35. The molecule has 3 rings (SSSR count). The number of sulfonamides is 1. The number of anilines is 1. The van der Waals surface area contributed by atoms with Gasteiger partial charge in [0.15, 0.2) is 0 Å². The summed E-state index contributed by atoms with van der Waals surface area (Å²) in [4.78, 5) is 12.7. The van der Waals surface area contributed by atoms with Gasteiger partial charge in [-0.15, -0.1) is 0 Å². The van der Waals surface area contributed by atoms with E-state index in [1.165, 1.54) is 16.4 Å². The highest BCUT2D eigenvalue weighted by Crippen LogP contribution is 2.32. The van der Waals surface area contributed by atoms with Crippen molar-refractivity contribution in [3.63, 3.8) is 0 Å². The maximum absolute atomic E-state index is 13.4. The molecule has 156 valence electrons. The molecule has 0 aromatic heterocycles. The summed E-state index contributed by atoms with van der Waals surface area (Å²) in [6.45, 7) is 8.38. The van der Waals surface area contributed by atoms with Crippen molar-refractivity contribution in [3.05, 3.63) is 62.5 Å². The fourth-order valence-corrected chi connectivity index (χ4v) is 5.77. The van der Waals surface area contributed by atoms with E-state index in [2.05, 4.69) is 0 Å². The molecule has 0 bridgehead atoms. The summed E-state index contributed by atoms with van der Waals surface area (Å²) in [5.74, 6) is -0.678. The standard InChI is InChI=1S/C20H24FN3O4S/c1-13-11-14(2)16(4)20(15(13)3)29(27,28)23-9-7-22(8-10-23)18-6-5-17(21)12-19(18)24(25)26/h5-6,11-12H,7-10H2,1-4H3. The minimum absolute atomic E-state index is 0.197. The van der Waals surface area contributed by atoms with E-state index >= 15 is 0 Å². The molecular formula is C20H24FN3O4S. The lowest BCUT2D eigenvalue weighted by molar-refractivity contribution is -0.384. The van der Waals surface area contributed by atoms with E-state index in [0.717, 1.165) is 28.3 Å². The van der Waals surface area contributed by atoms with Crippen LogP contribution in [-0.2, 0) is 10.0 Å². The van der Waals surface area contributed by atoms with Crippen LogP contribution in [0, 0.1) is 43.6 Å². The van der Waals surface area contributed by atoms with E-state index in [0.29, 0.717) is 10.6 Å². The number of nitrogens with zero attached hydrogens (tertiary/aromatic N) is 3. The molecule has 29 heavy (non-hydrogen) atoms. The van der Waals surface area contributed by atoms with E-state index in [1.807, 2.05) is 33.8 Å². The van der Waals surface area contributed by atoms with Gasteiger partial charge < -0.3 is 4.90 Å². The van der Waals surface area contributed by atoms with Gasteiger partial charge in [0.2, 0.25) is 10.0 Å². The van der Waals surface area contributed by atoms with E-state index in [4.69, 9.17) is 0 Å². The molecule has 0 N–H and O–H groups in total. The van der Waals surface area contributed by atoms with Crippen LogP contribution in [0.25, 0.3) is 0 Å². The molecule has 0 unspecified atom stereocenters. The number of nitro benzene ring substituents is 1. The molecule has 0 saturated carbocycles. The molecule has 1 aliphatic heterocycles. The first kappa shape index (κ1) is 21.2. The average Bonchev–Trinajstić information content (AvgIpc) is 2.66. The first-order valence-electron chi connectivity index (χ1n) is 9.30. The van der Waals surface area contributed by atoms with E-state index in [9.17, 15) is 22.9 Å². The first-order chi connectivity index (χ1) is 13.5. The first-order valence-corrected chi connectivity index (χ1v) is 10.7. The maximum Gasteiger partial charge on any atom is 0.295 e. The van der Waals surface area contributed by atoms with Crippen LogP contribution in [0.5, 0.6) is 0 Å². The van der Waals surface area contributed by atoms with Gasteiger partial charge in [0, 0.05) is 26.2 Å². The monoisotopic (exact) mass is 421 g/mol. The Labute approximate surface area is 170 Å². The van der Waals surface area contributed by atoms with Crippen molar-refractivity contribution in [2.24, 2.45) is 0 Å². The van der Waals surface area contributed by atoms with E-state index in [-0.39, 0.29) is 31.9 Å². The Hall–Kier alpha value is -2.52. The van der Waals surface area contributed by atoms with Crippen LogP contribution in [0.4, 0.5) is 15.8 Å². The molecule has 0 radical (unpaired) electrons. The highest BCUT2D eigenvalue weighted by Gasteiger charge is 2.33. The maximum atomic E-state index is 13.4. The molecular weight excluding hydrogens is 397 g/mol. The summed E-state index contributed by atoms with van der Waals surface area (Å²) in [6, 6.07) is 5.42. The molecule has 1 heterocycles. The third-order valence-electron chi connectivity index (χ3n) is 5.61. The summed E-state index contributed by atoms with van der Waals surface area (Å²) in [5, 5.41) is 11.3. The predicted octanol–water partition coefficient (Wildman–Crippen LogP) is 3.48. The zero-order valence-corrected chi connectivity index (χ0v) is 17.7. The molecule has 2 aromatic rings. The summed E-state index contributed by atoms with van der Waals surface area (Å²) >= 11 is 0. The molecule has 1 saturated heterocycles. The Morgan fingerprint density at radius 1 is 0.966 bits per heavy atom. The van der Waals surface area contributed by atoms with Crippen LogP contribution in [0.3, 0.4) is 0 Å². The van der Waals surface area contributed by atoms with Crippen molar-refractivity contribution >= 4 is 21.4 Å². The Morgan fingerprint density at radius 3 is 2.03 bits per heavy atom. The third kappa shape index (κ3) is 3.84. The Bertz CT molecular complexity index is 1050. The number of aryl methyl sites for hydroxylation is 2. The van der Waals surface area contributed by atoms with Crippen LogP contribution < -0.4 is 4.90 Å². The Kier molecular flexibility index (Phi) is 5.64. The van der Waals surface area contributed by atoms with E-state index < -0.39 is 20.8 Å². The molecule has 0 spiro atoms. The summed E-state index contributed by atoms with van der Waals surface area (Å²) in [7, 11) is -3.69. The Morgan fingerprint density at radius 2 is 1.52 bits per heavy atom. The number of halogens is 1. The van der Waals surface area contributed by atoms with Gasteiger partial charge >= 0.3 is 0 Å². The molecule has 7 nitrogen and oxygen atoms in total. The van der Waals surface area contributed by atoms with E-state index in [1.54, 1.807) is 4.90 Å². The van der Waals surface area contributed by atoms with Crippen LogP contribution in [0.2, 0.25) is 0 Å². The van der Waals surface area contributed by atoms with Gasteiger partial charge in [-0.3, -0.25) is 10.1 Å². The van der Waals surface area contributed by atoms with Crippen LogP contribution in [0.15, 0.2) is 29.2 Å². The number of benzene rings is 2. The van der Waals surface area contributed by atoms with Gasteiger partial charge in [-0.1, -0.05) is 6.07 Å². The van der Waals surface area contributed by atoms with Crippen molar-refractivity contribution in [3.8, 4) is 0 Å². The number of nitro groups is 1. The van der Waals surface area contributed by atoms with Crippen molar-refractivity contribution in [2.75, 3.05) is 31.1 Å². The molecule has 1 fully saturated rings. The van der Waals surface area contributed by atoms with Crippen molar-refractivity contribution in [2.45, 2.75) is 32.6 Å². The minimum Gasteiger partial charge on any atom is -0.363 e. The second-order valence-corrected chi connectivity index (χ2v) is 9.25. The molecule has 1 aliphatic rings. The molecule has 0 amide bonds. The van der Waals surface area contributed by atoms with Gasteiger partial charge in [-0.25, -0.2) is 12.8 Å². The lowest BCUT2D eigenvalue weighted by Crippen LogP contribution is -2.49. The molecule has 2 aromatic carbocycles. The normalized spacial score (nSPS) is 15.6. The van der Waals surface area contributed by atoms with Gasteiger partial charge in [0.25, 0.3) is 5.69 Å². The van der Waals surface area contributed by atoms with Crippen molar-refractivity contribution < 1.29 is 17.7 Å². The fraction of sp³-hybridized carbons (Fsp3) is 0.400.